The van der Waals surface area contributed by atoms with Crippen LogP contribution in [0.25, 0.3) is 11.0 Å². The van der Waals surface area contributed by atoms with Crippen molar-refractivity contribution in [1.29, 1.82) is 0 Å². The Hall–Kier alpha value is -2.79. The molecular formula is C23H22ClNO4. The highest BCUT2D eigenvalue weighted by Gasteiger charge is 2.40. The highest BCUT2D eigenvalue weighted by atomic mass is 35.5. The molecule has 1 aliphatic heterocycles. The number of ether oxygens (including phenoxy) is 1. The van der Waals surface area contributed by atoms with Gasteiger partial charge in [-0.05, 0) is 42.3 Å². The second-order valence-electron chi connectivity index (χ2n) is 7.26. The average Bonchev–Trinajstić information content (AvgIpc) is 2.98. The van der Waals surface area contributed by atoms with E-state index in [0.29, 0.717) is 28.2 Å². The van der Waals surface area contributed by atoms with Crippen molar-refractivity contribution in [2.24, 2.45) is 0 Å². The van der Waals surface area contributed by atoms with E-state index in [9.17, 15) is 9.59 Å². The summed E-state index contributed by atoms with van der Waals surface area (Å²) in [6.07, 6.45) is 3.30. The summed E-state index contributed by atoms with van der Waals surface area (Å²) in [4.78, 5) is 27.5. The van der Waals surface area contributed by atoms with Gasteiger partial charge >= 0.3 is 0 Å². The van der Waals surface area contributed by atoms with E-state index < -0.39 is 6.04 Å². The van der Waals surface area contributed by atoms with Gasteiger partial charge in [-0.1, -0.05) is 43.5 Å². The van der Waals surface area contributed by atoms with Crippen molar-refractivity contribution < 1.29 is 13.9 Å². The number of rotatable bonds is 6. The van der Waals surface area contributed by atoms with Crippen molar-refractivity contribution in [3.05, 3.63) is 74.6 Å². The maximum atomic E-state index is 13.2. The van der Waals surface area contributed by atoms with Crippen molar-refractivity contribution in [3.8, 4) is 5.75 Å². The number of fused-ring (bicyclic) bond motifs is 2. The number of carbonyl (C=O) groups excluding carboxylic acids is 1. The zero-order valence-corrected chi connectivity index (χ0v) is 17.2. The third kappa shape index (κ3) is 3.51. The minimum atomic E-state index is -0.508. The molecule has 1 aliphatic rings. The molecule has 1 atom stereocenters. The Morgan fingerprint density at radius 1 is 1.10 bits per heavy atom. The van der Waals surface area contributed by atoms with E-state index >= 15 is 0 Å². The Labute approximate surface area is 173 Å². The predicted molar refractivity (Wildman–Crippen MR) is 113 cm³/mol. The third-order valence-electron chi connectivity index (χ3n) is 5.28. The molecule has 0 fully saturated rings. The lowest BCUT2D eigenvalue weighted by atomic mass is 9.98. The van der Waals surface area contributed by atoms with Gasteiger partial charge in [-0.25, -0.2) is 0 Å². The van der Waals surface area contributed by atoms with Crippen LogP contribution in [0.15, 0.2) is 51.7 Å². The maximum Gasteiger partial charge on any atom is 0.290 e. The molecule has 6 heteroatoms. The molecule has 150 valence electrons. The van der Waals surface area contributed by atoms with Gasteiger partial charge in [0.25, 0.3) is 5.91 Å². The first-order chi connectivity index (χ1) is 14.0. The van der Waals surface area contributed by atoms with Crippen LogP contribution in [0, 0.1) is 0 Å². The van der Waals surface area contributed by atoms with Crippen molar-refractivity contribution in [2.45, 2.75) is 32.2 Å². The summed E-state index contributed by atoms with van der Waals surface area (Å²) in [6.45, 7) is 2.83. The fourth-order valence-corrected chi connectivity index (χ4v) is 3.91. The lowest BCUT2D eigenvalue weighted by Gasteiger charge is -2.20. The van der Waals surface area contributed by atoms with Crippen LogP contribution in [0.2, 0.25) is 5.02 Å². The molecule has 4 rings (SSSR count). The minimum Gasteiger partial charge on any atom is -0.494 e. The molecular weight excluding hydrogens is 390 g/mol. The maximum absolute atomic E-state index is 13.2. The van der Waals surface area contributed by atoms with E-state index in [1.807, 2.05) is 24.3 Å². The van der Waals surface area contributed by atoms with Gasteiger partial charge in [0.15, 0.2) is 5.43 Å². The zero-order chi connectivity index (χ0) is 20.5. The van der Waals surface area contributed by atoms with Crippen LogP contribution in [0.1, 0.15) is 53.9 Å². The molecule has 5 nitrogen and oxygen atoms in total. The summed E-state index contributed by atoms with van der Waals surface area (Å²) in [5.74, 6) is 0.561. The van der Waals surface area contributed by atoms with E-state index in [4.69, 9.17) is 20.8 Å². The fourth-order valence-electron chi connectivity index (χ4n) is 3.74. The van der Waals surface area contributed by atoms with Crippen molar-refractivity contribution >= 4 is 28.5 Å². The smallest absolute Gasteiger partial charge is 0.290 e. The Morgan fingerprint density at radius 2 is 1.86 bits per heavy atom. The number of hydrogen-bond donors (Lipinski definition) is 0. The van der Waals surface area contributed by atoms with Gasteiger partial charge < -0.3 is 14.1 Å². The van der Waals surface area contributed by atoms with Crippen molar-refractivity contribution in [1.82, 2.24) is 4.90 Å². The molecule has 0 saturated heterocycles. The molecule has 1 unspecified atom stereocenters. The molecule has 0 spiro atoms. The molecule has 3 aromatic rings. The predicted octanol–water partition coefficient (Wildman–Crippen LogP) is 5.19. The number of halogens is 1. The van der Waals surface area contributed by atoms with Gasteiger partial charge in [-0.3, -0.25) is 9.59 Å². The van der Waals surface area contributed by atoms with Gasteiger partial charge in [-0.15, -0.1) is 0 Å². The number of carbonyl (C=O) groups is 1. The van der Waals surface area contributed by atoms with Crippen LogP contribution < -0.4 is 10.2 Å². The number of hydrogen-bond acceptors (Lipinski definition) is 4. The van der Waals surface area contributed by atoms with Crippen LogP contribution >= 0.6 is 11.6 Å². The molecule has 1 amide bonds. The first-order valence-electron chi connectivity index (χ1n) is 9.77. The van der Waals surface area contributed by atoms with Crippen LogP contribution in [0.5, 0.6) is 5.75 Å². The summed E-state index contributed by atoms with van der Waals surface area (Å²) in [7, 11) is 1.68. The lowest BCUT2D eigenvalue weighted by molar-refractivity contribution is 0.0771. The van der Waals surface area contributed by atoms with Gasteiger partial charge in [0, 0.05) is 12.1 Å². The van der Waals surface area contributed by atoms with Crippen LogP contribution in [0.4, 0.5) is 0 Å². The Balaban J connectivity index is 1.71. The molecule has 0 radical (unpaired) electrons. The second kappa shape index (κ2) is 7.91. The summed E-state index contributed by atoms with van der Waals surface area (Å²) >= 11 is 6.06. The number of benzene rings is 2. The van der Waals surface area contributed by atoms with Crippen molar-refractivity contribution in [3.63, 3.8) is 0 Å². The molecule has 2 heterocycles. The molecule has 2 aromatic carbocycles. The monoisotopic (exact) mass is 411 g/mol. The van der Waals surface area contributed by atoms with Crippen molar-refractivity contribution in [2.75, 3.05) is 13.7 Å². The van der Waals surface area contributed by atoms with Gasteiger partial charge in [-0.2, -0.15) is 0 Å². The lowest BCUT2D eigenvalue weighted by Crippen LogP contribution is -2.25. The standard InChI is InChI=1S/C23H22ClNO4/c1-3-4-5-12-28-16-9-6-14(7-10-16)20-19-21(26)17-13-15(24)8-11-18(17)29-22(19)23(27)25(20)2/h6-11,13,20H,3-5,12H2,1-2H3. The molecule has 0 saturated carbocycles. The average molecular weight is 412 g/mol. The Morgan fingerprint density at radius 3 is 2.59 bits per heavy atom. The number of amides is 1. The first kappa shape index (κ1) is 19.5. The molecule has 0 bridgehead atoms. The summed E-state index contributed by atoms with van der Waals surface area (Å²) in [5.41, 5.74) is 1.31. The largest absolute Gasteiger partial charge is 0.494 e. The van der Waals surface area contributed by atoms with E-state index in [1.54, 1.807) is 25.2 Å². The summed E-state index contributed by atoms with van der Waals surface area (Å²) in [5, 5.41) is 0.823. The zero-order valence-electron chi connectivity index (χ0n) is 16.4. The minimum absolute atomic E-state index is 0.0946. The van der Waals surface area contributed by atoms with Crippen LogP contribution in [0.3, 0.4) is 0 Å². The molecule has 1 aromatic heterocycles. The summed E-state index contributed by atoms with van der Waals surface area (Å²) in [6, 6.07) is 11.8. The van der Waals surface area contributed by atoms with Crippen LogP contribution in [-0.4, -0.2) is 24.5 Å². The molecule has 0 N–H and O–H groups in total. The SMILES string of the molecule is CCCCCOc1ccc(C2c3c(oc4ccc(Cl)cc4c3=O)C(=O)N2C)cc1. The highest BCUT2D eigenvalue weighted by molar-refractivity contribution is 6.31. The second-order valence-corrected chi connectivity index (χ2v) is 7.69. The summed E-state index contributed by atoms with van der Waals surface area (Å²) < 4.78 is 11.6. The van der Waals surface area contributed by atoms with Gasteiger partial charge in [0.2, 0.25) is 5.76 Å². The highest BCUT2D eigenvalue weighted by Crippen LogP contribution is 2.37. The van der Waals surface area contributed by atoms with Crippen LogP contribution in [-0.2, 0) is 0 Å². The topological polar surface area (TPSA) is 59.8 Å². The van der Waals surface area contributed by atoms with E-state index in [-0.39, 0.29) is 17.1 Å². The normalized spacial score (nSPS) is 15.8. The number of nitrogens with zero attached hydrogens (tertiary/aromatic N) is 1. The Bertz CT molecular complexity index is 1120. The van der Waals surface area contributed by atoms with Gasteiger partial charge in [0.1, 0.15) is 11.3 Å². The fraction of sp³-hybridized carbons (Fsp3) is 0.304. The first-order valence-corrected chi connectivity index (χ1v) is 10.1. The van der Waals surface area contributed by atoms with E-state index in [0.717, 1.165) is 30.6 Å². The molecule has 29 heavy (non-hydrogen) atoms. The van der Waals surface area contributed by atoms with Gasteiger partial charge in [0.05, 0.1) is 23.6 Å². The molecule has 0 aliphatic carbocycles. The van der Waals surface area contributed by atoms with E-state index in [1.165, 1.54) is 4.90 Å². The van der Waals surface area contributed by atoms with E-state index in [2.05, 4.69) is 6.92 Å². The third-order valence-corrected chi connectivity index (χ3v) is 5.51. The Kier molecular flexibility index (Phi) is 5.33. The number of unbranched alkanes of at least 4 members (excludes halogenated alkanes) is 2. The quantitative estimate of drug-likeness (QED) is 0.523.